The fraction of sp³-hybridized carbons (Fsp3) is 0.571. The first-order chi connectivity index (χ1) is 7.09. The van der Waals surface area contributed by atoms with Gasteiger partial charge in [-0.25, -0.2) is 0 Å². The maximum Gasteiger partial charge on any atom is 0.0616 e. The van der Waals surface area contributed by atoms with Crippen molar-refractivity contribution in [2.45, 2.75) is 39.0 Å². The van der Waals surface area contributed by atoms with E-state index in [9.17, 15) is 0 Å². The van der Waals surface area contributed by atoms with Crippen LogP contribution in [-0.4, -0.2) is 0 Å². The average molecular weight is 223 g/mol. The van der Waals surface area contributed by atoms with E-state index in [1.807, 2.05) is 0 Å². The third kappa shape index (κ3) is 2.36. The van der Waals surface area contributed by atoms with Crippen molar-refractivity contribution in [3.8, 4) is 0 Å². The molecule has 15 heavy (non-hydrogen) atoms. The summed E-state index contributed by atoms with van der Waals surface area (Å²) in [6, 6.07) is 6.58. The van der Waals surface area contributed by atoms with Crippen molar-refractivity contribution in [2.75, 3.05) is 0 Å². The summed E-state index contributed by atoms with van der Waals surface area (Å²) in [7, 11) is 0. The van der Waals surface area contributed by atoms with Crippen LogP contribution in [0.25, 0.3) is 0 Å². The molecule has 0 spiro atoms. The molecular formula is C14H19Cl. The fourth-order valence-corrected chi connectivity index (χ4v) is 2.64. The molecule has 1 heteroatoms. The predicted octanol–water partition coefficient (Wildman–Crippen LogP) is 4.63. The number of hydrogen-bond acceptors (Lipinski definition) is 0. The molecule has 0 N–H and O–H groups in total. The number of benzene rings is 1. The molecule has 0 radical (unpaired) electrons. The van der Waals surface area contributed by atoms with Gasteiger partial charge in [-0.2, -0.15) is 0 Å². The standard InChI is InChI=1S/C14H19Cl/c1-9-4-5-10(2)13(8-9)14(15)11(3)12-6-7-12/h4-5,8,11-12,14H,6-7H2,1-3H3. The molecule has 0 nitrogen and oxygen atoms in total. The molecule has 2 rings (SSSR count). The predicted molar refractivity (Wildman–Crippen MR) is 66.4 cm³/mol. The van der Waals surface area contributed by atoms with Crippen LogP contribution in [0.4, 0.5) is 0 Å². The molecule has 1 aliphatic carbocycles. The maximum atomic E-state index is 6.57. The molecule has 0 bridgehead atoms. The molecule has 0 aromatic heterocycles. The van der Waals surface area contributed by atoms with E-state index in [1.165, 1.54) is 29.5 Å². The van der Waals surface area contributed by atoms with Crippen molar-refractivity contribution in [2.24, 2.45) is 11.8 Å². The minimum Gasteiger partial charge on any atom is -0.118 e. The number of rotatable bonds is 3. The van der Waals surface area contributed by atoms with Gasteiger partial charge in [-0.3, -0.25) is 0 Å². The zero-order chi connectivity index (χ0) is 11.0. The van der Waals surface area contributed by atoms with Crippen LogP contribution in [0.2, 0.25) is 0 Å². The van der Waals surface area contributed by atoms with Crippen LogP contribution in [0.15, 0.2) is 18.2 Å². The van der Waals surface area contributed by atoms with E-state index in [1.54, 1.807) is 0 Å². The highest BCUT2D eigenvalue weighted by Gasteiger charge is 2.33. The zero-order valence-corrected chi connectivity index (χ0v) is 10.5. The Labute approximate surface area is 97.6 Å². The second-order valence-electron chi connectivity index (χ2n) is 4.96. The molecule has 1 aromatic carbocycles. The van der Waals surface area contributed by atoms with Crippen molar-refractivity contribution in [1.29, 1.82) is 0 Å². The normalized spacial score (nSPS) is 20.0. The minimum absolute atomic E-state index is 0.192. The van der Waals surface area contributed by atoms with Crippen LogP contribution < -0.4 is 0 Å². The van der Waals surface area contributed by atoms with Crippen LogP contribution in [0, 0.1) is 25.7 Å². The lowest BCUT2D eigenvalue weighted by molar-refractivity contribution is 0.490. The number of hydrogen-bond donors (Lipinski definition) is 0. The van der Waals surface area contributed by atoms with Crippen LogP contribution in [0.3, 0.4) is 0 Å². The first-order valence-electron chi connectivity index (χ1n) is 5.81. The second-order valence-corrected chi connectivity index (χ2v) is 5.43. The lowest BCUT2D eigenvalue weighted by Crippen LogP contribution is -2.07. The van der Waals surface area contributed by atoms with Crippen LogP contribution >= 0.6 is 11.6 Å². The van der Waals surface area contributed by atoms with E-state index in [2.05, 4.69) is 39.0 Å². The van der Waals surface area contributed by atoms with E-state index in [-0.39, 0.29) is 5.38 Å². The summed E-state index contributed by atoms with van der Waals surface area (Å²) >= 11 is 6.57. The summed E-state index contributed by atoms with van der Waals surface area (Å²) in [6.07, 6.45) is 2.74. The third-order valence-electron chi connectivity index (χ3n) is 3.56. The van der Waals surface area contributed by atoms with E-state index in [0.29, 0.717) is 5.92 Å². The molecule has 82 valence electrons. The average Bonchev–Trinajstić information content (AvgIpc) is 3.03. The van der Waals surface area contributed by atoms with Crippen LogP contribution in [-0.2, 0) is 0 Å². The first-order valence-corrected chi connectivity index (χ1v) is 6.24. The SMILES string of the molecule is Cc1ccc(C)c(C(Cl)C(C)C2CC2)c1. The quantitative estimate of drug-likeness (QED) is 0.655. The molecule has 1 fully saturated rings. The Balaban J connectivity index is 2.23. The van der Waals surface area contributed by atoms with Crippen molar-refractivity contribution in [3.63, 3.8) is 0 Å². The molecule has 1 aromatic rings. The number of halogens is 1. The smallest absolute Gasteiger partial charge is 0.0616 e. The van der Waals surface area contributed by atoms with Gasteiger partial charge >= 0.3 is 0 Å². The lowest BCUT2D eigenvalue weighted by atomic mass is 9.92. The van der Waals surface area contributed by atoms with Gasteiger partial charge in [0.25, 0.3) is 0 Å². The van der Waals surface area contributed by atoms with Gasteiger partial charge in [0, 0.05) is 0 Å². The van der Waals surface area contributed by atoms with E-state index in [4.69, 9.17) is 11.6 Å². The van der Waals surface area contributed by atoms with E-state index in [0.717, 1.165) is 5.92 Å². The monoisotopic (exact) mass is 222 g/mol. The lowest BCUT2D eigenvalue weighted by Gasteiger charge is -2.20. The van der Waals surface area contributed by atoms with Gasteiger partial charge in [-0.1, -0.05) is 30.7 Å². The van der Waals surface area contributed by atoms with Gasteiger partial charge in [0.15, 0.2) is 0 Å². The Morgan fingerprint density at radius 1 is 1.27 bits per heavy atom. The fourth-order valence-electron chi connectivity index (χ4n) is 2.20. The highest BCUT2D eigenvalue weighted by Crippen LogP contribution is 2.45. The summed E-state index contributed by atoms with van der Waals surface area (Å²) < 4.78 is 0. The van der Waals surface area contributed by atoms with Gasteiger partial charge < -0.3 is 0 Å². The molecule has 0 heterocycles. The van der Waals surface area contributed by atoms with E-state index < -0.39 is 0 Å². The van der Waals surface area contributed by atoms with Gasteiger partial charge in [-0.05, 0) is 49.7 Å². The number of aryl methyl sites for hydroxylation is 2. The Bertz CT molecular complexity index is 352. The maximum absolute atomic E-state index is 6.57. The molecule has 2 unspecified atom stereocenters. The second kappa shape index (κ2) is 4.17. The Kier molecular flexibility index (Phi) is 3.06. The Hall–Kier alpha value is -0.490. The van der Waals surface area contributed by atoms with Crippen LogP contribution in [0.5, 0.6) is 0 Å². The van der Waals surface area contributed by atoms with Gasteiger partial charge in [0.1, 0.15) is 0 Å². The minimum atomic E-state index is 0.192. The largest absolute Gasteiger partial charge is 0.118 e. The third-order valence-corrected chi connectivity index (χ3v) is 4.19. The molecule has 1 aliphatic rings. The van der Waals surface area contributed by atoms with Crippen molar-refractivity contribution in [3.05, 3.63) is 34.9 Å². The van der Waals surface area contributed by atoms with Crippen molar-refractivity contribution < 1.29 is 0 Å². The van der Waals surface area contributed by atoms with Crippen LogP contribution in [0.1, 0.15) is 41.8 Å². The van der Waals surface area contributed by atoms with Crippen molar-refractivity contribution in [1.82, 2.24) is 0 Å². The van der Waals surface area contributed by atoms with Gasteiger partial charge in [0.05, 0.1) is 5.38 Å². The van der Waals surface area contributed by atoms with Gasteiger partial charge in [0.2, 0.25) is 0 Å². The van der Waals surface area contributed by atoms with Gasteiger partial charge in [-0.15, -0.1) is 11.6 Å². The summed E-state index contributed by atoms with van der Waals surface area (Å²) in [4.78, 5) is 0. The summed E-state index contributed by atoms with van der Waals surface area (Å²) in [5.74, 6) is 1.49. The first kappa shape index (κ1) is 11.0. The zero-order valence-electron chi connectivity index (χ0n) is 9.76. The molecule has 0 aliphatic heterocycles. The summed E-state index contributed by atoms with van der Waals surface area (Å²) in [6.45, 7) is 6.58. The Morgan fingerprint density at radius 3 is 2.53 bits per heavy atom. The molecule has 2 atom stereocenters. The number of alkyl halides is 1. The Morgan fingerprint density at radius 2 is 1.93 bits per heavy atom. The molecular weight excluding hydrogens is 204 g/mol. The highest BCUT2D eigenvalue weighted by molar-refractivity contribution is 6.21. The van der Waals surface area contributed by atoms with Crippen molar-refractivity contribution >= 4 is 11.6 Å². The highest BCUT2D eigenvalue weighted by atomic mass is 35.5. The molecule has 0 saturated heterocycles. The topological polar surface area (TPSA) is 0 Å². The molecule has 0 amide bonds. The summed E-state index contributed by atoms with van der Waals surface area (Å²) in [5.41, 5.74) is 3.97. The molecule has 1 saturated carbocycles. The summed E-state index contributed by atoms with van der Waals surface area (Å²) in [5, 5.41) is 0.192. The van der Waals surface area contributed by atoms with E-state index >= 15 is 0 Å².